The largest absolute Gasteiger partial charge is 0.324 e. The quantitative estimate of drug-likeness (QED) is 0.676. The minimum absolute atomic E-state index is 0.185. The maximum atomic E-state index is 6.02. The fourth-order valence-corrected chi connectivity index (χ4v) is 2.24. The summed E-state index contributed by atoms with van der Waals surface area (Å²) >= 11 is 5.93. The highest BCUT2D eigenvalue weighted by Gasteiger charge is 2.21. The highest BCUT2D eigenvalue weighted by atomic mass is 35.5. The van der Waals surface area contributed by atoms with Gasteiger partial charge in [-0.25, -0.2) is 0 Å². The van der Waals surface area contributed by atoms with Gasteiger partial charge in [-0.15, -0.1) is 0 Å². The lowest BCUT2D eigenvalue weighted by Crippen LogP contribution is -2.19. The molecule has 0 saturated carbocycles. The molecule has 2 rings (SSSR count). The zero-order chi connectivity index (χ0) is 9.42. The summed E-state index contributed by atoms with van der Waals surface area (Å²) in [5.41, 5.74) is 8.64. The first-order valence-corrected chi connectivity index (χ1v) is 5.11. The van der Waals surface area contributed by atoms with Crippen molar-refractivity contribution in [3.63, 3.8) is 0 Å². The Morgan fingerprint density at radius 3 is 2.85 bits per heavy atom. The second-order valence-corrected chi connectivity index (χ2v) is 4.29. The van der Waals surface area contributed by atoms with Crippen LogP contribution in [0.15, 0.2) is 18.2 Å². The van der Waals surface area contributed by atoms with Crippen molar-refractivity contribution in [1.29, 1.82) is 0 Å². The molecule has 1 aromatic rings. The van der Waals surface area contributed by atoms with Crippen LogP contribution in [0.4, 0.5) is 0 Å². The van der Waals surface area contributed by atoms with Gasteiger partial charge in [-0.2, -0.15) is 0 Å². The van der Waals surface area contributed by atoms with Crippen LogP contribution >= 0.6 is 11.6 Å². The number of hydrogen-bond acceptors (Lipinski definition) is 1. The van der Waals surface area contributed by atoms with Crippen molar-refractivity contribution in [3.05, 3.63) is 34.3 Å². The molecule has 70 valence electrons. The molecule has 0 amide bonds. The average molecular weight is 196 g/mol. The molecule has 1 aliphatic rings. The topological polar surface area (TPSA) is 26.0 Å². The highest BCUT2D eigenvalue weighted by Crippen LogP contribution is 2.36. The van der Waals surface area contributed by atoms with Gasteiger partial charge in [-0.05, 0) is 42.0 Å². The monoisotopic (exact) mass is 195 g/mol. The van der Waals surface area contributed by atoms with Gasteiger partial charge in [-0.3, -0.25) is 0 Å². The minimum atomic E-state index is 0.185. The smallest absolute Gasteiger partial charge is 0.0409 e. The van der Waals surface area contributed by atoms with Gasteiger partial charge in [-0.1, -0.05) is 24.6 Å². The third kappa shape index (κ3) is 1.59. The molecule has 2 atom stereocenters. The molecule has 0 aliphatic heterocycles. The van der Waals surface area contributed by atoms with E-state index in [1.54, 1.807) is 0 Å². The number of fused-ring (bicyclic) bond motifs is 1. The molecule has 0 radical (unpaired) electrons. The second kappa shape index (κ2) is 3.32. The molecule has 0 aromatic heterocycles. The summed E-state index contributed by atoms with van der Waals surface area (Å²) in [5.74, 6) is 0.632. The van der Waals surface area contributed by atoms with Crippen LogP contribution in [0.2, 0.25) is 5.02 Å². The molecule has 0 bridgehead atoms. The van der Waals surface area contributed by atoms with Crippen molar-refractivity contribution in [3.8, 4) is 0 Å². The van der Waals surface area contributed by atoms with Crippen LogP contribution in [-0.2, 0) is 0 Å². The van der Waals surface area contributed by atoms with Gasteiger partial charge >= 0.3 is 0 Å². The fourth-order valence-electron chi connectivity index (χ4n) is 2.06. The van der Waals surface area contributed by atoms with Crippen molar-refractivity contribution in [2.75, 3.05) is 0 Å². The standard InChI is InChI=1S/C11H14ClN/c1-7-2-5-11(13)10-6-8(12)3-4-9(7)10/h3-4,6-7,11H,2,5,13H2,1H3/t7?,11-/m0/s1. The van der Waals surface area contributed by atoms with E-state index >= 15 is 0 Å². The van der Waals surface area contributed by atoms with Crippen LogP contribution in [0, 0.1) is 0 Å². The lowest BCUT2D eigenvalue weighted by Gasteiger charge is -2.27. The van der Waals surface area contributed by atoms with E-state index in [1.807, 2.05) is 12.1 Å². The highest BCUT2D eigenvalue weighted by molar-refractivity contribution is 6.30. The Morgan fingerprint density at radius 1 is 1.31 bits per heavy atom. The van der Waals surface area contributed by atoms with Crippen molar-refractivity contribution in [1.82, 2.24) is 0 Å². The molecule has 0 spiro atoms. The lowest BCUT2D eigenvalue weighted by atomic mass is 9.81. The number of halogens is 1. The molecular weight excluding hydrogens is 182 g/mol. The van der Waals surface area contributed by atoms with Crippen molar-refractivity contribution >= 4 is 11.6 Å². The first-order chi connectivity index (χ1) is 6.18. The third-order valence-corrected chi connectivity index (χ3v) is 3.13. The average Bonchev–Trinajstić information content (AvgIpc) is 2.12. The van der Waals surface area contributed by atoms with E-state index in [9.17, 15) is 0 Å². The summed E-state index contributed by atoms with van der Waals surface area (Å²) in [6.45, 7) is 2.25. The van der Waals surface area contributed by atoms with Crippen LogP contribution in [0.25, 0.3) is 0 Å². The zero-order valence-electron chi connectivity index (χ0n) is 7.76. The molecular formula is C11H14ClN. The zero-order valence-corrected chi connectivity index (χ0v) is 8.51. The number of nitrogens with two attached hydrogens (primary N) is 1. The first kappa shape index (κ1) is 9.04. The molecule has 0 fully saturated rings. The van der Waals surface area contributed by atoms with Gasteiger partial charge in [0.15, 0.2) is 0 Å². The van der Waals surface area contributed by atoms with E-state index in [1.165, 1.54) is 17.5 Å². The molecule has 13 heavy (non-hydrogen) atoms. The summed E-state index contributed by atoms with van der Waals surface area (Å²) in [5, 5.41) is 0.795. The van der Waals surface area contributed by atoms with E-state index in [0.717, 1.165) is 11.4 Å². The summed E-state index contributed by atoms with van der Waals surface area (Å²) in [6, 6.07) is 6.26. The van der Waals surface area contributed by atoms with Gasteiger partial charge in [0, 0.05) is 11.1 Å². The maximum absolute atomic E-state index is 6.02. The molecule has 2 heteroatoms. The number of rotatable bonds is 0. The van der Waals surface area contributed by atoms with E-state index in [0.29, 0.717) is 5.92 Å². The van der Waals surface area contributed by atoms with E-state index < -0.39 is 0 Å². The predicted octanol–water partition coefficient (Wildman–Crippen LogP) is 3.24. The Labute approximate surface area is 83.9 Å². The van der Waals surface area contributed by atoms with E-state index in [-0.39, 0.29) is 6.04 Å². The normalized spacial score (nSPS) is 27.0. The Hall–Kier alpha value is -0.530. The summed E-state index contributed by atoms with van der Waals surface area (Å²) in [4.78, 5) is 0. The van der Waals surface area contributed by atoms with Gasteiger partial charge < -0.3 is 5.73 Å². The Morgan fingerprint density at radius 2 is 2.08 bits per heavy atom. The first-order valence-electron chi connectivity index (χ1n) is 4.73. The van der Waals surface area contributed by atoms with Crippen molar-refractivity contribution in [2.45, 2.75) is 31.7 Å². The van der Waals surface area contributed by atoms with Gasteiger partial charge in [0.1, 0.15) is 0 Å². The maximum Gasteiger partial charge on any atom is 0.0409 e. The van der Waals surface area contributed by atoms with Gasteiger partial charge in [0.25, 0.3) is 0 Å². The van der Waals surface area contributed by atoms with Crippen LogP contribution in [-0.4, -0.2) is 0 Å². The van der Waals surface area contributed by atoms with E-state index in [2.05, 4.69) is 13.0 Å². The SMILES string of the molecule is CC1CC[C@H](N)c2cc(Cl)ccc21. The number of benzene rings is 1. The van der Waals surface area contributed by atoms with Crippen LogP contribution in [0.3, 0.4) is 0 Å². The van der Waals surface area contributed by atoms with Gasteiger partial charge in [0.2, 0.25) is 0 Å². The molecule has 0 saturated heterocycles. The number of hydrogen-bond donors (Lipinski definition) is 1. The Balaban J connectivity index is 2.50. The van der Waals surface area contributed by atoms with Crippen molar-refractivity contribution in [2.24, 2.45) is 5.73 Å². The van der Waals surface area contributed by atoms with Crippen LogP contribution < -0.4 is 5.73 Å². The fraction of sp³-hybridized carbons (Fsp3) is 0.455. The molecule has 2 N–H and O–H groups in total. The van der Waals surface area contributed by atoms with E-state index in [4.69, 9.17) is 17.3 Å². The molecule has 0 heterocycles. The summed E-state index contributed by atoms with van der Waals surface area (Å²) < 4.78 is 0. The Bertz CT molecular complexity index is 322. The van der Waals surface area contributed by atoms with Crippen LogP contribution in [0.5, 0.6) is 0 Å². The van der Waals surface area contributed by atoms with Gasteiger partial charge in [0.05, 0.1) is 0 Å². The predicted molar refractivity (Wildman–Crippen MR) is 56.0 cm³/mol. The molecule has 1 unspecified atom stereocenters. The molecule has 1 aliphatic carbocycles. The molecule has 1 nitrogen and oxygen atoms in total. The minimum Gasteiger partial charge on any atom is -0.324 e. The summed E-state index contributed by atoms with van der Waals surface area (Å²) in [7, 11) is 0. The second-order valence-electron chi connectivity index (χ2n) is 3.86. The lowest BCUT2D eigenvalue weighted by molar-refractivity contribution is 0.513. The van der Waals surface area contributed by atoms with Crippen LogP contribution in [0.1, 0.15) is 42.9 Å². The third-order valence-electron chi connectivity index (χ3n) is 2.89. The molecule has 1 aromatic carbocycles. The Kier molecular flexibility index (Phi) is 2.31. The summed E-state index contributed by atoms with van der Waals surface area (Å²) in [6.07, 6.45) is 2.27. The van der Waals surface area contributed by atoms with Crippen molar-refractivity contribution < 1.29 is 0 Å².